The molecule has 0 heterocycles. The van der Waals surface area contributed by atoms with Crippen LogP contribution in [0.15, 0.2) is 0 Å². The van der Waals surface area contributed by atoms with E-state index in [1.165, 1.54) is 0 Å². The zero-order chi connectivity index (χ0) is 12.1. The van der Waals surface area contributed by atoms with Crippen LogP contribution in [-0.2, 0) is 14.2 Å². The third kappa shape index (κ3) is 12.2. The molecule has 0 radical (unpaired) electrons. The molecule has 0 aliphatic heterocycles. The number of ether oxygens (including phenoxy) is 3. The van der Waals surface area contributed by atoms with E-state index >= 15 is 0 Å². The molecule has 98 valence electrons. The molecule has 5 heteroatoms. The van der Waals surface area contributed by atoms with Crippen molar-refractivity contribution in [1.82, 2.24) is 0 Å². The second-order valence-corrected chi connectivity index (χ2v) is 3.77. The number of hydrogen-bond donors (Lipinski definition) is 1. The van der Waals surface area contributed by atoms with Gasteiger partial charge in [-0.2, -0.15) is 0 Å². The molecule has 0 saturated carbocycles. The lowest BCUT2D eigenvalue weighted by Crippen LogP contribution is -2.19. The van der Waals surface area contributed by atoms with Crippen molar-refractivity contribution >= 4 is 11.6 Å². The molecule has 16 heavy (non-hydrogen) atoms. The topological polar surface area (TPSA) is 47.9 Å². The maximum Gasteiger partial charge on any atom is 0.0908 e. The van der Waals surface area contributed by atoms with Crippen molar-refractivity contribution in [2.45, 2.75) is 25.9 Å². The first-order chi connectivity index (χ1) is 7.81. The Kier molecular flexibility index (Phi) is 13.3. The Morgan fingerprint density at radius 2 is 1.56 bits per heavy atom. The fourth-order valence-electron chi connectivity index (χ4n) is 0.950. The molecule has 0 aromatic heterocycles. The molecule has 0 amide bonds. The van der Waals surface area contributed by atoms with Crippen LogP contribution in [0.2, 0.25) is 0 Å². The molecule has 0 aliphatic rings. The van der Waals surface area contributed by atoms with Gasteiger partial charge >= 0.3 is 0 Å². The van der Waals surface area contributed by atoms with Gasteiger partial charge in [-0.1, -0.05) is 13.3 Å². The number of aliphatic hydroxyl groups is 1. The summed E-state index contributed by atoms with van der Waals surface area (Å²) in [5, 5.41) is 9.06. The molecular weight excluding hydrogens is 232 g/mol. The van der Waals surface area contributed by atoms with Gasteiger partial charge in [0.05, 0.1) is 45.0 Å². The minimum absolute atomic E-state index is 0.201. The Labute approximate surface area is 103 Å². The van der Waals surface area contributed by atoms with Crippen LogP contribution in [0.25, 0.3) is 0 Å². The number of aliphatic hydroxyl groups excluding tert-OH is 1. The Morgan fingerprint density at radius 1 is 1.00 bits per heavy atom. The van der Waals surface area contributed by atoms with Crippen LogP contribution < -0.4 is 0 Å². The van der Waals surface area contributed by atoms with E-state index in [4.69, 9.17) is 30.9 Å². The van der Waals surface area contributed by atoms with Crippen molar-refractivity contribution in [3.8, 4) is 0 Å². The van der Waals surface area contributed by atoms with Crippen molar-refractivity contribution in [3.05, 3.63) is 0 Å². The van der Waals surface area contributed by atoms with Crippen LogP contribution in [0.4, 0.5) is 0 Å². The summed E-state index contributed by atoms with van der Waals surface area (Å²) in [6.45, 7) is 5.41. The molecule has 4 nitrogen and oxygen atoms in total. The minimum Gasteiger partial charge on any atom is -0.389 e. The molecular formula is C11H23ClO4. The number of rotatable bonds is 12. The molecule has 0 aromatic carbocycles. The highest BCUT2D eigenvalue weighted by Crippen LogP contribution is 1.90. The zero-order valence-corrected chi connectivity index (χ0v) is 10.7. The van der Waals surface area contributed by atoms with E-state index < -0.39 is 6.10 Å². The first-order valence-electron chi connectivity index (χ1n) is 5.78. The van der Waals surface area contributed by atoms with Crippen molar-refractivity contribution in [2.24, 2.45) is 0 Å². The highest BCUT2D eigenvalue weighted by atomic mass is 35.5. The van der Waals surface area contributed by atoms with Gasteiger partial charge in [-0.25, -0.2) is 0 Å². The first-order valence-corrected chi connectivity index (χ1v) is 6.32. The molecule has 1 atom stereocenters. The lowest BCUT2D eigenvalue weighted by molar-refractivity contribution is -0.00552. The van der Waals surface area contributed by atoms with Crippen LogP contribution in [0.3, 0.4) is 0 Å². The summed E-state index contributed by atoms with van der Waals surface area (Å²) >= 11 is 5.40. The molecule has 0 rings (SSSR count). The van der Waals surface area contributed by atoms with Crippen LogP contribution in [0, 0.1) is 0 Å². The quantitative estimate of drug-likeness (QED) is 0.423. The molecule has 0 saturated heterocycles. The summed E-state index contributed by atoms with van der Waals surface area (Å²) in [4.78, 5) is 0. The fraction of sp³-hybridized carbons (Fsp3) is 1.00. The summed E-state index contributed by atoms with van der Waals surface area (Å²) in [5.41, 5.74) is 0. The van der Waals surface area contributed by atoms with Crippen LogP contribution in [-0.4, -0.2) is 56.7 Å². The number of halogens is 1. The standard InChI is InChI=1S/C11H23ClO4/c1-2-3-4-14-5-6-15-7-8-16-10-11(13)9-12/h11,13H,2-10H2,1H3. The normalized spacial score (nSPS) is 12.9. The maximum atomic E-state index is 9.06. The summed E-state index contributed by atoms with van der Waals surface area (Å²) in [6, 6.07) is 0. The van der Waals surface area contributed by atoms with Gasteiger partial charge in [-0.3, -0.25) is 0 Å². The van der Waals surface area contributed by atoms with Gasteiger partial charge in [0, 0.05) is 6.61 Å². The Balaban J connectivity index is 2.93. The third-order valence-electron chi connectivity index (χ3n) is 1.87. The van der Waals surface area contributed by atoms with Crippen LogP contribution in [0.1, 0.15) is 19.8 Å². The first kappa shape index (κ1) is 16.1. The van der Waals surface area contributed by atoms with Gasteiger partial charge in [0.15, 0.2) is 0 Å². The Bertz CT molecular complexity index is 135. The monoisotopic (exact) mass is 254 g/mol. The van der Waals surface area contributed by atoms with E-state index in [0.717, 1.165) is 19.4 Å². The van der Waals surface area contributed by atoms with Crippen LogP contribution >= 0.6 is 11.6 Å². The summed E-state index contributed by atoms with van der Waals surface area (Å²) in [5.74, 6) is 0.201. The van der Waals surface area contributed by atoms with E-state index in [2.05, 4.69) is 6.92 Å². The third-order valence-corrected chi connectivity index (χ3v) is 2.23. The lowest BCUT2D eigenvalue weighted by atomic mass is 10.4. The Morgan fingerprint density at radius 3 is 2.12 bits per heavy atom. The maximum absolute atomic E-state index is 9.06. The van der Waals surface area contributed by atoms with Crippen LogP contribution in [0.5, 0.6) is 0 Å². The number of alkyl halides is 1. The molecule has 0 bridgehead atoms. The second kappa shape index (κ2) is 13.2. The van der Waals surface area contributed by atoms with Crippen molar-refractivity contribution in [3.63, 3.8) is 0 Å². The number of unbranched alkanes of at least 4 members (excludes halogenated alkanes) is 1. The average Bonchev–Trinajstić information content (AvgIpc) is 2.31. The number of hydrogen-bond acceptors (Lipinski definition) is 4. The van der Waals surface area contributed by atoms with E-state index in [1.54, 1.807) is 0 Å². The SMILES string of the molecule is CCCCOCCOCCOCC(O)CCl. The van der Waals surface area contributed by atoms with Gasteiger partial charge in [-0.05, 0) is 6.42 Å². The predicted octanol–water partition coefficient (Wildman–Crippen LogP) is 1.44. The summed E-state index contributed by atoms with van der Waals surface area (Å²) in [7, 11) is 0. The average molecular weight is 255 g/mol. The molecule has 0 aromatic rings. The fourth-order valence-corrected chi connectivity index (χ4v) is 1.04. The van der Waals surface area contributed by atoms with Gasteiger partial charge in [-0.15, -0.1) is 11.6 Å². The smallest absolute Gasteiger partial charge is 0.0908 e. The predicted molar refractivity (Wildman–Crippen MR) is 64.1 cm³/mol. The van der Waals surface area contributed by atoms with Gasteiger partial charge in [0.25, 0.3) is 0 Å². The summed E-state index contributed by atoms with van der Waals surface area (Å²) < 4.78 is 15.7. The van der Waals surface area contributed by atoms with E-state index in [-0.39, 0.29) is 12.5 Å². The highest BCUT2D eigenvalue weighted by Gasteiger charge is 2.00. The largest absolute Gasteiger partial charge is 0.389 e. The molecule has 0 spiro atoms. The second-order valence-electron chi connectivity index (χ2n) is 3.46. The van der Waals surface area contributed by atoms with Gasteiger partial charge < -0.3 is 19.3 Å². The van der Waals surface area contributed by atoms with Gasteiger partial charge in [0.2, 0.25) is 0 Å². The van der Waals surface area contributed by atoms with Crippen molar-refractivity contribution in [1.29, 1.82) is 0 Å². The highest BCUT2D eigenvalue weighted by molar-refractivity contribution is 6.18. The molecule has 0 aliphatic carbocycles. The van der Waals surface area contributed by atoms with E-state index in [0.29, 0.717) is 26.4 Å². The van der Waals surface area contributed by atoms with Crippen molar-refractivity contribution in [2.75, 3.05) is 45.5 Å². The summed E-state index contributed by atoms with van der Waals surface area (Å²) in [6.07, 6.45) is 1.66. The van der Waals surface area contributed by atoms with E-state index in [9.17, 15) is 0 Å². The Hall–Kier alpha value is 0.130. The van der Waals surface area contributed by atoms with Crippen molar-refractivity contribution < 1.29 is 19.3 Å². The molecule has 1 unspecified atom stereocenters. The molecule has 0 fully saturated rings. The van der Waals surface area contributed by atoms with Gasteiger partial charge in [0.1, 0.15) is 0 Å². The zero-order valence-electron chi connectivity index (χ0n) is 9.99. The van der Waals surface area contributed by atoms with E-state index in [1.807, 2.05) is 0 Å². The molecule has 1 N–H and O–H groups in total. The lowest BCUT2D eigenvalue weighted by Gasteiger charge is -2.08. The minimum atomic E-state index is -0.584.